The molecule has 1 aliphatic carbocycles. The van der Waals surface area contributed by atoms with Gasteiger partial charge in [0.2, 0.25) is 0 Å². The summed E-state index contributed by atoms with van der Waals surface area (Å²) in [5.74, 6) is 0. The molecule has 2 rings (SSSR count). The highest BCUT2D eigenvalue weighted by molar-refractivity contribution is 9.12. The first kappa shape index (κ1) is 6.92. The third-order valence-electron chi connectivity index (χ3n) is 1.76. The van der Waals surface area contributed by atoms with E-state index in [-0.39, 0.29) is 0 Å². The topological polar surface area (TPSA) is 15.8 Å². The van der Waals surface area contributed by atoms with Crippen molar-refractivity contribution >= 4 is 22.0 Å². The van der Waals surface area contributed by atoms with Crippen LogP contribution in [0.4, 0.5) is 0 Å². The normalized spacial score (nSPS) is 15.5. The Labute approximate surface area is 73.9 Å². The zero-order valence-electron chi connectivity index (χ0n) is 5.97. The van der Waals surface area contributed by atoms with Gasteiger partial charge in [0.1, 0.15) is 0 Å². The van der Waals surface area contributed by atoms with Crippen LogP contribution in [0.2, 0.25) is 0 Å². The Morgan fingerprint density at radius 2 is 2.36 bits per heavy atom. The van der Waals surface area contributed by atoms with Crippen LogP contribution >= 0.6 is 15.9 Å². The van der Waals surface area contributed by atoms with Crippen molar-refractivity contribution in [3.8, 4) is 0 Å². The highest BCUT2D eigenvalue weighted by atomic mass is 79.9. The minimum atomic E-state index is 0.994. The zero-order chi connectivity index (χ0) is 7.68. The molecule has 2 heteroatoms. The molecular weight excluding hydrogens is 202 g/mol. The van der Waals surface area contributed by atoms with Crippen molar-refractivity contribution in [2.45, 2.75) is 6.42 Å². The molecule has 56 valence electrons. The van der Waals surface area contributed by atoms with E-state index in [1.165, 1.54) is 11.3 Å². The summed E-state index contributed by atoms with van der Waals surface area (Å²) < 4.78 is 1.14. The lowest BCUT2D eigenvalue weighted by molar-refractivity contribution is 1.15. The fraction of sp³-hybridized carbons (Fsp3) is 0.111. The van der Waals surface area contributed by atoms with Gasteiger partial charge in [0.15, 0.2) is 0 Å². The van der Waals surface area contributed by atoms with Crippen LogP contribution in [0.5, 0.6) is 0 Å². The second-order valence-corrected chi connectivity index (χ2v) is 3.46. The molecule has 1 aromatic rings. The van der Waals surface area contributed by atoms with Gasteiger partial charge in [-0.15, -0.1) is 0 Å². The van der Waals surface area contributed by atoms with Gasteiger partial charge in [-0.3, -0.25) is 0 Å². The molecule has 0 spiro atoms. The van der Waals surface area contributed by atoms with Gasteiger partial charge in [0.05, 0.1) is 0 Å². The quantitative estimate of drug-likeness (QED) is 0.677. The van der Waals surface area contributed by atoms with Crippen LogP contribution in [0.3, 0.4) is 0 Å². The number of hydrogen-bond acceptors (Lipinski definition) is 0. The Kier molecular flexibility index (Phi) is 1.70. The molecule has 0 atom stereocenters. The van der Waals surface area contributed by atoms with E-state index >= 15 is 0 Å². The van der Waals surface area contributed by atoms with Gasteiger partial charge >= 0.3 is 0 Å². The van der Waals surface area contributed by atoms with E-state index < -0.39 is 0 Å². The van der Waals surface area contributed by atoms with E-state index in [1.54, 1.807) is 0 Å². The molecular formula is C9H8BrN. The molecule has 1 aliphatic rings. The number of H-pyrrole nitrogens is 1. The number of aromatic amines is 1. The highest BCUT2D eigenvalue weighted by Crippen LogP contribution is 2.20. The van der Waals surface area contributed by atoms with E-state index in [2.05, 4.69) is 45.2 Å². The van der Waals surface area contributed by atoms with Gasteiger partial charge in [0, 0.05) is 22.8 Å². The molecule has 0 saturated carbocycles. The van der Waals surface area contributed by atoms with Crippen molar-refractivity contribution in [3.05, 3.63) is 40.2 Å². The number of nitrogens with one attached hydrogen (secondary N) is 1. The van der Waals surface area contributed by atoms with Crippen LogP contribution in [0, 0.1) is 0 Å². The molecule has 0 amide bonds. The first-order valence-electron chi connectivity index (χ1n) is 3.56. The molecule has 0 aromatic carbocycles. The largest absolute Gasteiger partial charge is 0.364 e. The molecule has 0 bridgehead atoms. The van der Waals surface area contributed by atoms with E-state index in [1.807, 2.05) is 6.20 Å². The predicted octanol–water partition coefficient (Wildman–Crippen LogP) is 2.86. The fourth-order valence-electron chi connectivity index (χ4n) is 1.21. The van der Waals surface area contributed by atoms with Gasteiger partial charge in [-0.05, 0) is 17.7 Å². The number of fused-ring (bicyclic) bond motifs is 1. The van der Waals surface area contributed by atoms with Crippen LogP contribution in [0.1, 0.15) is 11.3 Å². The van der Waals surface area contributed by atoms with Crippen LogP contribution in [0.15, 0.2) is 28.9 Å². The van der Waals surface area contributed by atoms with E-state index in [9.17, 15) is 0 Å². The number of allylic oxidation sites excluding steroid dienone is 3. The second-order valence-electron chi connectivity index (χ2n) is 2.55. The number of aromatic nitrogens is 1. The van der Waals surface area contributed by atoms with Crippen molar-refractivity contribution in [1.82, 2.24) is 4.98 Å². The van der Waals surface area contributed by atoms with Crippen molar-refractivity contribution in [3.63, 3.8) is 0 Å². The highest BCUT2D eigenvalue weighted by Gasteiger charge is 2.02. The number of hydrogen-bond donors (Lipinski definition) is 1. The Morgan fingerprint density at radius 1 is 1.45 bits per heavy atom. The Balaban J connectivity index is 2.52. The third-order valence-corrected chi connectivity index (χ3v) is 2.25. The molecule has 1 aromatic heterocycles. The lowest BCUT2D eigenvalue weighted by Gasteiger charge is -1.90. The number of halogens is 1. The first-order chi connectivity index (χ1) is 5.36. The molecule has 0 fully saturated rings. The molecule has 0 aliphatic heterocycles. The summed E-state index contributed by atoms with van der Waals surface area (Å²) in [6.07, 6.45) is 9.31. The van der Waals surface area contributed by atoms with Gasteiger partial charge in [-0.1, -0.05) is 28.1 Å². The lowest BCUT2D eigenvalue weighted by Crippen LogP contribution is -1.81. The van der Waals surface area contributed by atoms with Crippen LogP contribution < -0.4 is 0 Å². The molecule has 1 nitrogen and oxygen atoms in total. The van der Waals surface area contributed by atoms with Crippen molar-refractivity contribution < 1.29 is 0 Å². The molecule has 0 saturated heterocycles. The Hall–Kier alpha value is -0.760. The fourth-order valence-corrected chi connectivity index (χ4v) is 1.65. The standard InChI is InChI=1S/C9H8BrN/c10-8-2-1-3-9-7(6-8)4-5-11-9/h1-2,4-6,11H,3H2. The summed E-state index contributed by atoms with van der Waals surface area (Å²) in [6.45, 7) is 0. The first-order valence-corrected chi connectivity index (χ1v) is 4.35. The van der Waals surface area contributed by atoms with Crippen LogP contribution in [-0.2, 0) is 6.42 Å². The summed E-state index contributed by atoms with van der Waals surface area (Å²) in [4.78, 5) is 3.20. The van der Waals surface area contributed by atoms with Crippen molar-refractivity contribution in [1.29, 1.82) is 0 Å². The van der Waals surface area contributed by atoms with Gasteiger partial charge in [-0.25, -0.2) is 0 Å². The van der Waals surface area contributed by atoms with Gasteiger partial charge < -0.3 is 4.98 Å². The van der Waals surface area contributed by atoms with E-state index in [4.69, 9.17) is 0 Å². The van der Waals surface area contributed by atoms with Crippen LogP contribution in [0.25, 0.3) is 6.08 Å². The minimum absolute atomic E-state index is 0.994. The SMILES string of the molecule is BrC1=Cc2cc[nH]c2CC=C1. The van der Waals surface area contributed by atoms with E-state index in [0.29, 0.717) is 0 Å². The summed E-state index contributed by atoms with van der Waals surface area (Å²) >= 11 is 3.45. The van der Waals surface area contributed by atoms with Crippen LogP contribution in [-0.4, -0.2) is 4.98 Å². The molecule has 1 N–H and O–H groups in total. The average molecular weight is 210 g/mol. The third kappa shape index (κ3) is 1.31. The molecule has 1 heterocycles. The molecule has 0 unspecified atom stereocenters. The Morgan fingerprint density at radius 3 is 3.27 bits per heavy atom. The lowest BCUT2D eigenvalue weighted by atomic mass is 10.2. The summed E-state index contributed by atoms with van der Waals surface area (Å²) in [7, 11) is 0. The summed E-state index contributed by atoms with van der Waals surface area (Å²) in [5.41, 5.74) is 2.57. The maximum atomic E-state index is 3.45. The summed E-state index contributed by atoms with van der Waals surface area (Å²) in [5, 5.41) is 0. The van der Waals surface area contributed by atoms with Gasteiger partial charge in [-0.2, -0.15) is 0 Å². The maximum absolute atomic E-state index is 3.45. The average Bonchev–Trinajstić information content (AvgIpc) is 2.31. The summed E-state index contributed by atoms with van der Waals surface area (Å²) in [6, 6.07) is 2.09. The Bertz CT molecular complexity index is 320. The predicted molar refractivity (Wildman–Crippen MR) is 50.5 cm³/mol. The molecule has 11 heavy (non-hydrogen) atoms. The van der Waals surface area contributed by atoms with Crippen molar-refractivity contribution in [2.75, 3.05) is 0 Å². The second kappa shape index (κ2) is 2.70. The number of rotatable bonds is 0. The maximum Gasteiger partial charge on any atom is 0.0259 e. The van der Waals surface area contributed by atoms with Gasteiger partial charge in [0.25, 0.3) is 0 Å². The minimum Gasteiger partial charge on any atom is -0.364 e. The smallest absolute Gasteiger partial charge is 0.0259 e. The monoisotopic (exact) mass is 209 g/mol. The van der Waals surface area contributed by atoms with Crippen molar-refractivity contribution in [2.24, 2.45) is 0 Å². The molecule has 0 radical (unpaired) electrons. The zero-order valence-corrected chi connectivity index (χ0v) is 7.56. The van der Waals surface area contributed by atoms with E-state index in [0.717, 1.165) is 10.9 Å².